The van der Waals surface area contributed by atoms with Crippen LogP contribution in [0.25, 0.3) is 0 Å². The third-order valence-electron chi connectivity index (χ3n) is 5.01. The van der Waals surface area contributed by atoms with Gasteiger partial charge in [0.05, 0.1) is 32.6 Å². The van der Waals surface area contributed by atoms with Crippen LogP contribution in [0.2, 0.25) is 0 Å². The number of hydrogen-bond donors (Lipinski definition) is 1. The molecular weight excluding hydrogens is 372 g/mol. The van der Waals surface area contributed by atoms with Gasteiger partial charge in [0.2, 0.25) is 5.91 Å². The predicted octanol–water partition coefficient (Wildman–Crippen LogP) is 3.57. The molecule has 4 rings (SSSR count). The zero-order valence-electron chi connectivity index (χ0n) is 16.0. The standard InChI is InChI=1S/C22H20N2O5/c1-27-16-10-11-18(28-2)17(13-16)23-21(26)22(19-9-6-12-29-19)14-20(25)24(22)15-7-4-3-5-8-15/h3-13H,14H2,1-2H3,(H,23,26)/t22-/m0/s1. The highest BCUT2D eigenvalue weighted by atomic mass is 16.5. The van der Waals surface area contributed by atoms with Crippen molar-refractivity contribution in [2.75, 3.05) is 24.4 Å². The number of para-hydroxylation sites is 1. The van der Waals surface area contributed by atoms with E-state index in [9.17, 15) is 9.59 Å². The number of carbonyl (C=O) groups excluding carboxylic acids is 2. The average Bonchev–Trinajstić information content (AvgIpc) is 3.27. The Morgan fingerprint density at radius 3 is 2.48 bits per heavy atom. The summed E-state index contributed by atoms with van der Waals surface area (Å²) < 4.78 is 16.2. The molecule has 29 heavy (non-hydrogen) atoms. The first-order valence-corrected chi connectivity index (χ1v) is 9.05. The molecule has 1 aliphatic heterocycles. The number of ether oxygens (including phenoxy) is 2. The molecule has 1 aromatic heterocycles. The second-order valence-corrected chi connectivity index (χ2v) is 6.60. The highest BCUT2D eigenvalue weighted by Gasteiger charge is 2.60. The number of nitrogens with zero attached hydrogens (tertiary/aromatic N) is 1. The fraction of sp³-hybridized carbons (Fsp3) is 0.182. The van der Waals surface area contributed by atoms with E-state index < -0.39 is 11.4 Å². The van der Waals surface area contributed by atoms with E-state index in [4.69, 9.17) is 13.9 Å². The summed E-state index contributed by atoms with van der Waals surface area (Å²) in [7, 11) is 3.06. The van der Waals surface area contributed by atoms with Gasteiger partial charge >= 0.3 is 0 Å². The van der Waals surface area contributed by atoms with Gasteiger partial charge in [-0.2, -0.15) is 0 Å². The first-order chi connectivity index (χ1) is 14.1. The van der Waals surface area contributed by atoms with Crippen molar-refractivity contribution in [3.05, 3.63) is 72.7 Å². The largest absolute Gasteiger partial charge is 0.497 e. The number of furan rings is 1. The molecule has 0 saturated carbocycles. The van der Waals surface area contributed by atoms with Crippen molar-refractivity contribution in [2.24, 2.45) is 0 Å². The summed E-state index contributed by atoms with van der Waals surface area (Å²) in [5, 5.41) is 2.89. The Hall–Kier alpha value is -3.74. The molecule has 1 atom stereocenters. The third-order valence-corrected chi connectivity index (χ3v) is 5.01. The van der Waals surface area contributed by atoms with E-state index in [0.717, 1.165) is 0 Å². The topological polar surface area (TPSA) is 81.0 Å². The van der Waals surface area contributed by atoms with Gasteiger partial charge < -0.3 is 19.2 Å². The normalized spacial score (nSPS) is 18.1. The number of carbonyl (C=O) groups is 2. The van der Waals surface area contributed by atoms with Crippen LogP contribution in [0.3, 0.4) is 0 Å². The lowest BCUT2D eigenvalue weighted by atomic mass is 9.79. The molecule has 2 aromatic carbocycles. The van der Waals surface area contributed by atoms with Gasteiger partial charge in [-0.15, -0.1) is 0 Å². The second kappa shape index (κ2) is 7.35. The average molecular weight is 392 g/mol. The van der Waals surface area contributed by atoms with Crippen molar-refractivity contribution in [1.29, 1.82) is 0 Å². The minimum absolute atomic E-state index is 0.00642. The quantitative estimate of drug-likeness (QED) is 0.649. The fourth-order valence-electron chi connectivity index (χ4n) is 3.58. The van der Waals surface area contributed by atoms with Crippen molar-refractivity contribution in [3.63, 3.8) is 0 Å². The van der Waals surface area contributed by atoms with Gasteiger partial charge in [-0.1, -0.05) is 18.2 Å². The summed E-state index contributed by atoms with van der Waals surface area (Å²) in [6.07, 6.45) is 1.48. The van der Waals surface area contributed by atoms with Crippen LogP contribution < -0.4 is 19.7 Å². The van der Waals surface area contributed by atoms with Crippen molar-refractivity contribution in [1.82, 2.24) is 0 Å². The maximum atomic E-state index is 13.6. The lowest BCUT2D eigenvalue weighted by molar-refractivity contribution is -0.138. The van der Waals surface area contributed by atoms with Gasteiger partial charge in [-0.25, -0.2) is 0 Å². The number of anilines is 2. The molecule has 148 valence electrons. The molecule has 0 bridgehead atoms. The van der Waals surface area contributed by atoms with Crippen molar-refractivity contribution < 1.29 is 23.5 Å². The molecule has 7 heteroatoms. The van der Waals surface area contributed by atoms with Crippen LogP contribution in [0.4, 0.5) is 11.4 Å². The minimum Gasteiger partial charge on any atom is -0.497 e. The molecule has 1 aliphatic rings. The molecular formula is C22H20N2O5. The number of methoxy groups -OCH3 is 2. The first-order valence-electron chi connectivity index (χ1n) is 9.05. The van der Waals surface area contributed by atoms with Gasteiger partial charge in [0.25, 0.3) is 5.91 Å². The molecule has 0 spiro atoms. The van der Waals surface area contributed by atoms with Gasteiger partial charge in [0, 0.05) is 11.8 Å². The molecule has 2 amide bonds. The molecule has 1 N–H and O–H groups in total. The Morgan fingerprint density at radius 1 is 1.07 bits per heavy atom. The van der Waals surface area contributed by atoms with E-state index >= 15 is 0 Å². The molecule has 0 aliphatic carbocycles. The number of nitrogens with one attached hydrogen (secondary N) is 1. The Kier molecular flexibility index (Phi) is 4.72. The van der Waals surface area contributed by atoms with E-state index in [0.29, 0.717) is 28.6 Å². The Labute approximate surface area is 167 Å². The second-order valence-electron chi connectivity index (χ2n) is 6.60. The van der Waals surface area contributed by atoms with Gasteiger partial charge in [0.15, 0.2) is 5.54 Å². The molecule has 0 unspecified atom stereocenters. The van der Waals surface area contributed by atoms with Crippen LogP contribution in [-0.2, 0) is 15.1 Å². The van der Waals surface area contributed by atoms with Crippen LogP contribution in [0.1, 0.15) is 12.2 Å². The smallest absolute Gasteiger partial charge is 0.259 e. The molecule has 0 radical (unpaired) electrons. The predicted molar refractivity (Wildman–Crippen MR) is 107 cm³/mol. The van der Waals surface area contributed by atoms with Crippen LogP contribution in [-0.4, -0.2) is 26.0 Å². The number of amides is 2. The number of rotatable bonds is 6. The highest BCUT2D eigenvalue weighted by Crippen LogP contribution is 2.46. The number of β-lactam (4-membered cyclic amide) rings is 1. The molecule has 3 aromatic rings. The third kappa shape index (κ3) is 3.00. The summed E-state index contributed by atoms with van der Waals surface area (Å²) in [5.74, 6) is 0.867. The summed E-state index contributed by atoms with van der Waals surface area (Å²) in [6.45, 7) is 0. The van der Waals surface area contributed by atoms with Crippen molar-refractivity contribution in [3.8, 4) is 11.5 Å². The van der Waals surface area contributed by atoms with E-state index in [-0.39, 0.29) is 12.3 Å². The zero-order valence-corrected chi connectivity index (χ0v) is 16.0. The monoisotopic (exact) mass is 392 g/mol. The van der Waals surface area contributed by atoms with Crippen molar-refractivity contribution >= 4 is 23.2 Å². The van der Waals surface area contributed by atoms with E-state index in [2.05, 4.69) is 5.32 Å². The van der Waals surface area contributed by atoms with E-state index in [1.54, 1.807) is 49.6 Å². The van der Waals surface area contributed by atoms with E-state index in [1.165, 1.54) is 18.3 Å². The maximum Gasteiger partial charge on any atom is 0.259 e. The SMILES string of the molecule is COc1ccc(OC)c(NC(=O)[C@@]2(c3ccco3)CC(=O)N2c2ccccc2)c1. The van der Waals surface area contributed by atoms with Crippen LogP contribution >= 0.6 is 0 Å². The minimum atomic E-state index is -1.30. The van der Waals surface area contributed by atoms with Gasteiger partial charge in [-0.05, 0) is 36.4 Å². The number of benzene rings is 2. The fourth-order valence-corrected chi connectivity index (χ4v) is 3.58. The molecule has 1 saturated heterocycles. The van der Waals surface area contributed by atoms with Crippen molar-refractivity contribution in [2.45, 2.75) is 12.0 Å². The van der Waals surface area contributed by atoms with Crippen LogP contribution in [0.15, 0.2) is 71.3 Å². The lowest BCUT2D eigenvalue weighted by Gasteiger charge is -2.48. The summed E-state index contributed by atoms with van der Waals surface area (Å²) in [4.78, 5) is 27.6. The molecule has 2 heterocycles. The molecule has 1 fully saturated rings. The Morgan fingerprint density at radius 2 is 1.86 bits per heavy atom. The highest BCUT2D eigenvalue weighted by molar-refractivity contribution is 6.16. The van der Waals surface area contributed by atoms with Crippen LogP contribution in [0.5, 0.6) is 11.5 Å². The lowest BCUT2D eigenvalue weighted by Crippen LogP contribution is -2.67. The Balaban J connectivity index is 1.76. The molecule has 7 nitrogen and oxygen atoms in total. The van der Waals surface area contributed by atoms with Crippen LogP contribution in [0, 0.1) is 0 Å². The summed E-state index contributed by atoms with van der Waals surface area (Å²) in [5.41, 5.74) is -0.237. The number of hydrogen-bond acceptors (Lipinski definition) is 5. The summed E-state index contributed by atoms with van der Waals surface area (Å²) in [6, 6.07) is 17.6. The van der Waals surface area contributed by atoms with E-state index in [1.807, 2.05) is 18.2 Å². The summed E-state index contributed by atoms with van der Waals surface area (Å²) >= 11 is 0. The van der Waals surface area contributed by atoms with Gasteiger partial charge in [-0.3, -0.25) is 14.5 Å². The maximum absolute atomic E-state index is 13.6. The first kappa shape index (κ1) is 18.6. The Bertz CT molecular complexity index is 1030. The van der Waals surface area contributed by atoms with Gasteiger partial charge in [0.1, 0.15) is 17.3 Å². The zero-order chi connectivity index (χ0) is 20.4.